The molecule has 0 fully saturated rings. The molecule has 1 atom stereocenters. The first-order chi connectivity index (χ1) is 14.9. The average Bonchev–Trinajstić information content (AvgIpc) is 3.10. The van der Waals surface area contributed by atoms with Crippen molar-refractivity contribution < 1.29 is 8.68 Å². The Morgan fingerprint density at radius 3 is 2.48 bits per heavy atom. The van der Waals surface area contributed by atoms with Crippen molar-refractivity contribution in [1.82, 2.24) is 19.9 Å². The number of likely N-dealkylation sites (N-methyl/N-ethyl adjacent to an activating group) is 1. The van der Waals surface area contributed by atoms with Crippen molar-refractivity contribution in [3.05, 3.63) is 41.4 Å². The normalized spacial score (nSPS) is 15.4. The third kappa shape index (κ3) is 7.63. The molecule has 1 aromatic heterocycles. The summed E-state index contributed by atoms with van der Waals surface area (Å²) in [5, 5.41) is 9.84. The van der Waals surface area contributed by atoms with Gasteiger partial charge in [0.1, 0.15) is 0 Å². The third-order valence-electron chi connectivity index (χ3n) is 5.30. The number of nitrogens with one attached hydrogen (secondary N) is 3. The molecular weight excluding hydrogens is 413 g/mol. The molecule has 1 heterocycles. The topological polar surface area (TPSA) is 70.5 Å². The number of rotatable bonds is 10. The molecule has 0 aromatic carbocycles. The first kappa shape index (κ1) is 27.1. The Morgan fingerprint density at radius 2 is 2.00 bits per heavy atom. The molecule has 1 aliphatic carbocycles. The summed E-state index contributed by atoms with van der Waals surface area (Å²) in [6.07, 6.45) is 8.21. The largest absolute Gasteiger partial charge is 0.391 e. The maximum absolute atomic E-state index is 13.1. The summed E-state index contributed by atoms with van der Waals surface area (Å²) in [5.74, 6) is 0. The number of carbonyl (C=O) groups is 1. The van der Waals surface area contributed by atoms with Gasteiger partial charge in [-0.3, -0.25) is 8.77 Å². The lowest BCUT2D eigenvalue weighted by Gasteiger charge is -2.28. The second-order valence-corrected chi connectivity index (χ2v) is 8.20. The highest BCUT2D eigenvalue weighted by molar-refractivity contribution is 7.92. The van der Waals surface area contributed by atoms with Crippen LogP contribution in [0.5, 0.6) is 0 Å². The third-order valence-corrected chi connectivity index (χ3v) is 5.82. The number of aliphatic imine (C=N–C) groups is 1. The van der Waals surface area contributed by atoms with Crippen molar-refractivity contribution in [1.29, 1.82) is 0 Å². The SMILES string of the molecule is C=CC(=Nc1c(C=O)cn(SF)c1C)C(NCC)C1=C(NC)CCCC1.CNC(C)C. The Morgan fingerprint density at radius 1 is 1.35 bits per heavy atom. The lowest BCUT2D eigenvalue weighted by atomic mass is 9.88. The van der Waals surface area contributed by atoms with Crippen LogP contribution in [0.1, 0.15) is 62.5 Å². The number of hydrogen-bond donors (Lipinski definition) is 3. The van der Waals surface area contributed by atoms with Gasteiger partial charge in [-0.05, 0) is 57.8 Å². The van der Waals surface area contributed by atoms with Gasteiger partial charge in [-0.25, -0.2) is 4.99 Å². The predicted octanol–water partition coefficient (Wildman–Crippen LogP) is 4.89. The second-order valence-electron chi connectivity index (χ2n) is 7.67. The Bertz CT molecular complexity index is 785. The fourth-order valence-electron chi connectivity index (χ4n) is 3.40. The summed E-state index contributed by atoms with van der Waals surface area (Å²) in [6.45, 7) is 12.7. The molecule has 1 aliphatic rings. The smallest absolute Gasteiger partial charge is 0.169 e. The van der Waals surface area contributed by atoms with Gasteiger partial charge in [0.15, 0.2) is 18.6 Å². The Balaban J connectivity index is 0.000000861. The Hall–Kier alpha value is -1.90. The van der Waals surface area contributed by atoms with Gasteiger partial charge in [0.2, 0.25) is 0 Å². The minimum atomic E-state index is -0.0828. The Kier molecular flexibility index (Phi) is 12.4. The van der Waals surface area contributed by atoms with E-state index in [9.17, 15) is 8.68 Å². The van der Waals surface area contributed by atoms with E-state index in [0.29, 0.717) is 29.3 Å². The molecule has 8 heteroatoms. The van der Waals surface area contributed by atoms with Crippen LogP contribution in [0.25, 0.3) is 0 Å². The molecule has 31 heavy (non-hydrogen) atoms. The molecule has 3 N–H and O–H groups in total. The van der Waals surface area contributed by atoms with E-state index >= 15 is 0 Å². The van der Waals surface area contributed by atoms with Crippen molar-refractivity contribution >= 4 is 30.0 Å². The van der Waals surface area contributed by atoms with E-state index in [-0.39, 0.29) is 18.4 Å². The fourth-order valence-corrected chi connectivity index (χ4v) is 3.74. The van der Waals surface area contributed by atoms with Crippen LogP contribution < -0.4 is 16.0 Å². The van der Waals surface area contributed by atoms with Gasteiger partial charge in [0, 0.05) is 25.0 Å². The summed E-state index contributed by atoms with van der Waals surface area (Å²) in [4.78, 5) is 16.1. The number of aldehydes is 1. The second kappa shape index (κ2) is 14.2. The van der Waals surface area contributed by atoms with Crippen molar-refractivity contribution in [2.24, 2.45) is 4.99 Å². The Labute approximate surface area is 191 Å². The van der Waals surface area contributed by atoms with E-state index in [0.717, 1.165) is 31.5 Å². The number of halogens is 1. The van der Waals surface area contributed by atoms with Gasteiger partial charge < -0.3 is 16.0 Å². The van der Waals surface area contributed by atoms with Crippen molar-refractivity contribution in [2.75, 3.05) is 20.6 Å². The fraction of sp³-hybridized carbons (Fsp3) is 0.565. The lowest BCUT2D eigenvalue weighted by molar-refractivity contribution is 0.112. The van der Waals surface area contributed by atoms with Crippen molar-refractivity contribution in [2.45, 2.75) is 65.5 Å². The van der Waals surface area contributed by atoms with Crippen LogP contribution in [-0.4, -0.2) is 48.7 Å². The van der Waals surface area contributed by atoms with E-state index in [1.807, 2.05) is 14.1 Å². The number of aromatic nitrogens is 1. The zero-order valence-corrected chi connectivity index (χ0v) is 20.5. The standard InChI is InChI=1S/C19H27FN4OS.C4H11N/c1-5-16(23-18-13(3)24(26-20)11-14(18)12-25)19(22-6-2)15-9-7-8-10-17(15)21-4;1-4(2)5-3/h5,11-12,19,21-22H,1,6-10H2,2-4H3;4-5H,1-3H3. The van der Waals surface area contributed by atoms with E-state index < -0.39 is 0 Å². The summed E-state index contributed by atoms with van der Waals surface area (Å²) in [5.41, 5.74) is 4.72. The lowest BCUT2D eigenvalue weighted by Crippen LogP contribution is -2.39. The molecule has 1 aromatic rings. The first-order valence-electron chi connectivity index (χ1n) is 10.9. The maximum atomic E-state index is 13.1. The van der Waals surface area contributed by atoms with Crippen LogP contribution in [0.15, 0.2) is 35.1 Å². The molecule has 0 aliphatic heterocycles. The predicted molar refractivity (Wildman–Crippen MR) is 132 cm³/mol. The summed E-state index contributed by atoms with van der Waals surface area (Å²) >= 11 is 0.0590. The zero-order valence-electron chi connectivity index (χ0n) is 19.7. The van der Waals surface area contributed by atoms with E-state index in [4.69, 9.17) is 4.99 Å². The average molecular weight is 452 g/mol. The summed E-state index contributed by atoms with van der Waals surface area (Å²) in [6, 6.07) is 0.551. The number of allylic oxidation sites excluding steroid dienone is 1. The molecule has 0 saturated heterocycles. The highest BCUT2D eigenvalue weighted by Gasteiger charge is 2.24. The molecular formula is C23H38FN5OS. The van der Waals surface area contributed by atoms with E-state index in [1.165, 1.54) is 27.9 Å². The number of nitrogens with zero attached hydrogens (tertiary/aromatic N) is 2. The van der Waals surface area contributed by atoms with Gasteiger partial charge >= 0.3 is 0 Å². The summed E-state index contributed by atoms with van der Waals surface area (Å²) < 4.78 is 14.4. The van der Waals surface area contributed by atoms with Crippen LogP contribution in [0.4, 0.5) is 9.57 Å². The molecule has 0 saturated carbocycles. The minimum absolute atomic E-state index is 0.0590. The van der Waals surface area contributed by atoms with Gasteiger partial charge in [-0.2, -0.15) is 0 Å². The number of carbonyl (C=O) groups excluding carboxylic acids is 1. The maximum Gasteiger partial charge on any atom is 0.169 e. The van der Waals surface area contributed by atoms with Gasteiger partial charge in [0.25, 0.3) is 0 Å². The highest BCUT2D eigenvalue weighted by Crippen LogP contribution is 2.31. The summed E-state index contributed by atoms with van der Waals surface area (Å²) in [7, 11) is 3.90. The molecule has 1 unspecified atom stereocenters. The molecule has 0 radical (unpaired) electrons. The molecule has 174 valence electrons. The quantitative estimate of drug-likeness (QED) is 0.349. The number of hydrogen-bond acceptors (Lipinski definition) is 6. The van der Waals surface area contributed by atoms with Crippen molar-refractivity contribution in [3.63, 3.8) is 0 Å². The van der Waals surface area contributed by atoms with Crippen LogP contribution in [0.3, 0.4) is 0 Å². The van der Waals surface area contributed by atoms with Gasteiger partial charge in [-0.1, -0.05) is 27.4 Å². The minimum Gasteiger partial charge on any atom is -0.391 e. The van der Waals surface area contributed by atoms with Crippen LogP contribution in [0, 0.1) is 6.92 Å². The van der Waals surface area contributed by atoms with Crippen LogP contribution in [-0.2, 0) is 0 Å². The molecule has 2 rings (SSSR count). The molecule has 0 spiro atoms. The zero-order chi connectivity index (χ0) is 23.4. The first-order valence-corrected chi connectivity index (χ1v) is 11.5. The van der Waals surface area contributed by atoms with Crippen LogP contribution in [0.2, 0.25) is 0 Å². The van der Waals surface area contributed by atoms with Gasteiger partial charge in [0.05, 0.1) is 28.7 Å². The van der Waals surface area contributed by atoms with E-state index in [1.54, 1.807) is 13.0 Å². The molecule has 0 amide bonds. The highest BCUT2D eigenvalue weighted by atomic mass is 32.2. The van der Waals surface area contributed by atoms with Crippen LogP contribution >= 0.6 is 12.3 Å². The molecule has 0 bridgehead atoms. The van der Waals surface area contributed by atoms with E-state index in [2.05, 4.69) is 43.3 Å². The monoisotopic (exact) mass is 451 g/mol. The molecule has 6 nitrogen and oxygen atoms in total. The van der Waals surface area contributed by atoms with Gasteiger partial charge in [-0.15, -0.1) is 3.89 Å². The van der Waals surface area contributed by atoms with Crippen molar-refractivity contribution in [3.8, 4) is 0 Å².